The second kappa shape index (κ2) is 9.70. The number of hydrogen-bond acceptors (Lipinski definition) is 3. The van der Waals surface area contributed by atoms with Gasteiger partial charge >= 0.3 is 7.60 Å². The summed E-state index contributed by atoms with van der Waals surface area (Å²) in [6.07, 6.45) is 0. The molecule has 0 radical (unpaired) electrons. The molecule has 0 rings (SSSR count). The molecule has 0 aromatic heterocycles. The van der Waals surface area contributed by atoms with Crippen LogP contribution in [0.2, 0.25) is 0 Å². The van der Waals surface area contributed by atoms with E-state index in [2.05, 4.69) is 70.3 Å². The van der Waals surface area contributed by atoms with Crippen LogP contribution >= 0.6 is 71.3 Å². The van der Waals surface area contributed by atoms with Crippen LogP contribution < -0.4 is 0 Å². The molecule has 96 valence electrons. The van der Waals surface area contributed by atoms with Gasteiger partial charge in [0.1, 0.15) is 0 Å². The largest absolute Gasteiger partial charge is 0.353 e. The van der Waals surface area contributed by atoms with Gasteiger partial charge in [-0.25, -0.2) is 0 Å². The van der Waals surface area contributed by atoms with Crippen molar-refractivity contribution < 1.29 is 13.6 Å². The van der Waals surface area contributed by atoms with Gasteiger partial charge < -0.3 is 9.05 Å². The van der Waals surface area contributed by atoms with Gasteiger partial charge in [-0.15, -0.1) is 0 Å². The van der Waals surface area contributed by atoms with E-state index in [0.717, 1.165) is 0 Å². The van der Waals surface area contributed by atoms with Gasteiger partial charge in [-0.05, 0) is 0 Å². The second-order valence-electron chi connectivity index (χ2n) is 2.82. The second-order valence-corrected chi connectivity index (χ2v) is 8.66. The highest BCUT2D eigenvalue weighted by atomic mass is 79.9. The molecule has 2 unspecified atom stereocenters. The molecule has 0 aliphatic heterocycles. The molecule has 0 bridgehead atoms. The molecule has 0 saturated heterocycles. The van der Waals surface area contributed by atoms with Gasteiger partial charge in [-0.2, -0.15) is 0 Å². The van der Waals surface area contributed by atoms with Crippen LogP contribution in [0.1, 0.15) is 0 Å². The fraction of sp³-hybridized carbons (Fsp3) is 0.750. The zero-order valence-corrected chi connectivity index (χ0v) is 15.7. The Bertz CT molecular complexity index is 233. The van der Waals surface area contributed by atoms with Crippen LogP contribution in [-0.2, 0) is 13.6 Å². The predicted octanol–water partition coefficient (Wildman–Crippen LogP) is 4.67. The van der Waals surface area contributed by atoms with Crippen LogP contribution in [0.3, 0.4) is 0 Å². The Morgan fingerprint density at radius 3 is 1.75 bits per heavy atom. The maximum Gasteiger partial charge on any atom is 0.353 e. The lowest BCUT2D eigenvalue weighted by atomic mass is 10.5. The van der Waals surface area contributed by atoms with Gasteiger partial charge in [0.15, 0.2) is 0 Å². The maximum atomic E-state index is 12.0. The summed E-state index contributed by atoms with van der Waals surface area (Å²) in [5, 5.41) is 1.43. The molecule has 0 saturated carbocycles. The van der Waals surface area contributed by atoms with Crippen molar-refractivity contribution in [1.29, 1.82) is 0 Å². The van der Waals surface area contributed by atoms with E-state index in [-0.39, 0.29) is 9.65 Å². The zero-order valence-electron chi connectivity index (χ0n) is 8.45. The number of hydrogen-bond donors (Lipinski definition) is 0. The molecule has 0 aliphatic carbocycles. The van der Waals surface area contributed by atoms with E-state index in [9.17, 15) is 4.57 Å². The third-order valence-electron chi connectivity index (χ3n) is 1.43. The van der Waals surface area contributed by atoms with Gasteiger partial charge in [-0.3, -0.25) is 4.57 Å². The SMILES string of the molecule is C=CP(=O)(OCC(Br)CBr)OCC(Br)CBr. The molecular weight excluding hydrogens is 495 g/mol. The lowest BCUT2D eigenvalue weighted by Crippen LogP contribution is -2.12. The van der Waals surface area contributed by atoms with Crippen molar-refractivity contribution in [2.24, 2.45) is 0 Å². The molecule has 16 heavy (non-hydrogen) atoms. The lowest BCUT2D eigenvalue weighted by Gasteiger charge is -2.17. The van der Waals surface area contributed by atoms with Crippen molar-refractivity contribution in [3.63, 3.8) is 0 Å². The molecule has 0 fully saturated rings. The smallest absolute Gasteiger partial charge is 0.304 e. The molecular formula is C8H13Br4O3P. The molecule has 0 heterocycles. The van der Waals surface area contributed by atoms with Crippen molar-refractivity contribution in [3.05, 3.63) is 12.4 Å². The quantitative estimate of drug-likeness (QED) is 0.336. The molecule has 0 aromatic carbocycles. The first-order chi connectivity index (χ1) is 7.47. The van der Waals surface area contributed by atoms with Crippen LogP contribution in [0.4, 0.5) is 0 Å². The van der Waals surface area contributed by atoms with Crippen molar-refractivity contribution in [2.45, 2.75) is 9.65 Å². The molecule has 0 amide bonds. The molecule has 2 atom stereocenters. The normalized spacial score (nSPS) is 18.8. The molecule has 0 aliphatic rings. The Morgan fingerprint density at radius 1 is 1.12 bits per heavy atom. The van der Waals surface area contributed by atoms with Gasteiger partial charge in [-0.1, -0.05) is 70.3 Å². The fourth-order valence-corrected chi connectivity index (χ4v) is 2.71. The van der Waals surface area contributed by atoms with E-state index in [1.807, 2.05) is 0 Å². The van der Waals surface area contributed by atoms with Crippen molar-refractivity contribution in [2.75, 3.05) is 23.9 Å². The lowest BCUT2D eigenvalue weighted by molar-refractivity contribution is 0.218. The van der Waals surface area contributed by atoms with E-state index in [1.165, 1.54) is 5.82 Å². The van der Waals surface area contributed by atoms with Crippen LogP contribution in [0.5, 0.6) is 0 Å². The van der Waals surface area contributed by atoms with Gasteiger partial charge in [0.2, 0.25) is 0 Å². The minimum atomic E-state index is -3.17. The first-order valence-electron chi connectivity index (χ1n) is 4.40. The first-order valence-corrected chi connectivity index (χ1v) is 10.1. The zero-order chi connectivity index (χ0) is 12.6. The Labute approximate surface area is 130 Å². The Hall–Kier alpha value is 1.81. The molecule has 8 heteroatoms. The van der Waals surface area contributed by atoms with Gasteiger partial charge in [0, 0.05) is 26.1 Å². The highest BCUT2D eigenvalue weighted by Crippen LogP contribution is 2.49. The number of halogens is 4. The summed E-state index contributed by atoms with van der Waals surface area (Å²) < 4.78 is 22.4. The first kappa shape index (κ1) is 17.8. The molecule has 0 N–H and O–H groups in total. The summed E-state index contributed by atoms with van der Waals surface area (Å²) in [6, 6.07) is 0. The third-order valence-corrected chi connectivity index (χ3v) is 7.37. The summed E-state index contributed by atoms with van der Waals surface area (Å²) in [5.41, 5.74) is 0. The Morgan fingerprint density at radius 2 is 1.50 bits per heavy atom. The fourth-order valence-electron chi connectivity index (χ4n) is 0.601. The van der Waals surface area contributed by atoms with E-state index in [0.29, 0.717) is 23.9 Å². The summed E-state index contributed by atoms with van der Waals surface area (Å²) >= 11 is 13.3. The highest BCUT2D eigenvalue weighted by Gasteiger charge is 2.22. The van der Waals surface area contributed by atoms with Crippen LogP contribution in [0.25, 0.3) is 0 Å². The highest BCUT2D eigenvalue weighted by molar-refractivity contribution is 9.12. The van der Waals surface area contributed by atoms with Gasteiger partial charge in [0.25, 0.3) is 0 Å². The van der Waals surface area contributed by atoms with Crippen LogP contribution in [0, 0.1) is 0 Å². The van der Waals surface area contributed by atoms with Crippen LogP contribution in [0.15, 0.2) is 12.4 Å². The van der Waals surface area contributed by atoms with E-state index < -0.39 is 7.60 Å². The van der Waals surface area contributed by atoms with Crippen molar-refractivity contribution in [3.8, 4) is 0 Å². The average Bonchev–Trinajstić information content (AvgIpc) is 2.32. The summed E-state index contributed by atoms with van der Waals surface area (Å²) in [7, 11) is -3.17. The molecule has 0 spiro atoms. The molecule has 0 aromatic rings. The average molecular weight is 508 g/mol. The predicted molar refractivity (Wildman–Crippen MR) is 82.7 cm³/mol. The van der Waals surface area contributed by atoms with Crippen molar-refractivity contribution in [1.82, 2.24) is 0 Å². The van der Waals surface area contributed by atoms with Crippen LogP contribution in [-0.4, -0.2) is 33.5 Å². The third kappa shape index (κ3) is 8.01. The van der Waals surface area contributed by atoms with Gasteiger partial charge in [0.05, 0.1) is 13.2 Å². The minimum absolute atomic E-state index is 0.0975. The summed E-state index contributed by atoms with van der Waals surface area (Å²) in [5.74, 6) is 1.23. The maximum absolute atomic E-state index is 12.0. The van der Waals surface area contributed by atoms with E-state index >= 15 is 0 Å². The number of rotatable bonds is 9. The monoisotopic (exact) mass is 504 g/mol. The topological polar surface area (TPSA) is 35.5 Å². The summed E-state index contributed by atoms with van der Waals surface area (Å²) in [6.45, 7) is 4.08. The standard InChI is InChI=1S/C8H13Br4O3P/c1-2-16(13,14-5-7(11)3-9)15-6-8(12)4-10/h2,7-8H,1,3-6H2. The Kier molecular flexibility index (Phi) is 10.8. The minimum Gasteiger partial charge on any atom is -0.304 e. The molecule has 3 nitrogen and oxygen atoms in total. The van der Waals surface area contributed by atoms with E-state index in [4.69, 9.17) is 9.05 Å². The summed E-state index contributed by atoms with van der Waals surface area (Å²) in [4.78, 5) is 0.195. The van der Waals surface area contributed by atoms with E-state index in [1.54, 1.807) is 0 Å². The van der Waals surface area contributed by atoms with Crippen molar-refractivity contribution >= 4 is 71.3 Å². The number of alkyl halides is 4. The Balaban J connectivity index is 4.10.